The first-order valence-corrected chi connectivity index (χ1v) is 7.89. The number of nitrogens with two attached hydrogens (primary N) is 1. The fourth-order valence-electron chi connectivity index (χ4n) is 2.27. The summed E-state index contributed by atoms with van der Waals surface area (Å²) in [5, 5.41) is 7.10. The summed E-state index contributed by atoms with van der Waals surface area (Å²) in [6.45, 7) is 8.29. The van der Waals surface area contributed by atoms with Gasteiger partial charge in [0.05, 0.1) is 12.2 Å². The Labute approximate surface area is 136 Å². The fourth-order valence-corrected chi connectivity index (χ4v) is 2.27. The summed E-state index contributed by atoms with van der Waals surface area (Å²) >= 11 is 0. The van der Waals surface area contributed by atoms with E-state index in [-0.39, 0.29) is 23.6 Å². The van der Waals surface area contributed by atoms with Crippen LogP contribution < -0.4 is 11.1 Å². The highest BCUT2D eigenvalue weighted by Gasteiger charge is 2.15. The van der Waals surface area contributed by atoms with Crippen molar-refractivity contribution in [3.05, 3.63) is 29.7 Å². The van der Waals surface area contributed by atoms with Crippen LogP contribution >= 0.6 is 0 Å². The lowest BCUT2D eigenvalue weighted by molar-refractivity contribution is 0.102. The van der Waals surface area contributed by atoms with Crippen LogP contribution in [0.15, 0.2) is 18.3 Å². The van der Waals surface area contributed by atoms with Crippen LogP contribution in [0.4, 0.5) is 11.8 Å². The molecule has 0 radical (unpaired) electrons. The molecule has 7 nitrogen and oxygen atoms in total. The molecule has 0 saturated carbocycles. The smallest absolute Gasteiger partial charge is 0.275 e. The third kappa shape index (κ3) is 4.28. The lowest BCUT2D eigenvalue weighted by Gasteiger charge is -2.14. The van der Waals surface area contributed by atoms with Gasteiger partial charge < -0.3 is 11.1 Å². The number of aromatic nitrogens is 4. The Bertz CT molecular complexity index is 679. The highest BCUT2D eigenvalue weighted by Crippen LogP contribution is 2.17. The van der Waals surface area contributed by atoms with E-state index in [9.17, 15) is 4.79 Å². The normalized spacial score (nSPS) is 12.4. The average molecular weight is 316 g/mol. The quantitative estimate of drug-likeness (QED) is 0.853. The standard InChI is InChI=1S/C16H24N6O/c1-5-11(4)22-14(6-7-18-22)21-15(23)13-9-12(8-10(2)3)19-16(17)20-13/h6-7,9-11H,5,8H2,1-4H3,(H,21,23)(H2,17,19,20)/t11-/m1/s1. The number of nitrogens with zero attached hydrogens (tertiary/aromatic N) is 4. The van der Waals surface area contributed by atoms with E-state index >= 15 is 0 Å². The molecule has 2 aromatic rings. The Balaban J connectivity index is 2.21. The molecule has 1 amide bonds. The van der Waals surface area contributed by atoms with Crippen LogP contribution in [0.1, 0.15) is 56.3 Å². The zero-order valence-electron chi connectivity index (χ0n) is 14.1. The number of hydrogen-bond donors (Lipinski definition) is 2. The number of amides is 1. The molecular weight excluding hydrogens is 292 g/mol. The summed E-state index contributed by atoms with van der Waals surface area (Å²) < 4.78 is 1.79. The van der Waals surface area contributed by atoms with Crippen molar-refractivity contribution in [2.45, 2.75) is 46.6 Å². The number of anilines is 2. The molecule has 0 aliphatic carbocycles. The third-order valence-electron chi connectivity index (χ3n) is 3.57. The minimum atomic E-state index is -0.311. The van der Waals surface area contributed by atoms with E-state index in [1.54, 1.807) is 23.0 Å². The Hall–Kier alpha value is -2.44. The molecule has 0 aliphatic heterocycles. The molecule has 0 saturated heterocycles. The minimum Gasteiger partial charge on any atom is -0.368 e. The van der Waals surface area contributed by atoms with E-state index in [0.29, 0.717) is 11.7 Å². The summed E-state index contributed by atoms with van der Waals surface area (Å²) in [7, 11) is 0. The number of nitrogen functional groups attached to an aromatic ring is 1. The van der Waals surface area contributed by atoms with Crippen molar-refractivity contribution in [1.29, 1.82) is 0 Å². The monoisotopic (exact) mass is 316 g/mol. The molecule has 3 N–H and O–H groups in total. The molecule has 0 bridgehead atoms. The van der Waals surface area contributed by atoms with Gasteiger partial charge in [0, 0.05) is 11.8 Å². The van der Waals surface area contributed by atoms with Crippen molar-refractivity contribution in [3.63, 3.8) is 0 Å². The highest BCUT2D eigenvalue weighted by atomic mass is 16.2. The summed E-state index contributed by atoms with van der Waals surface area (Å²) in [5.41, 5.74) is 6.77. The third-order valence-corrected chi connectivity index (χ3v) is 3.57. The molecule has 2 heterocycles. The molecule has 0 aromatic carbocycles. The van der Waals surface area contributed by atoms with Gasteiger partial charge in [-0.25, -0.2) is 14.6 Å². The zero-order chi connectivity index (χ0) is 17.0. The SMILES string of the molecule is CC[C@@H](C)n1nccc1NC(=O)c1cc(CC(C)C)nc(N)n1. The Morgan fingerprint density at radius 3 is 2.74 bits per heavy atom. The summed E-state index contributed by atoms with van der Waals surface area (Å²) in [6, 6.07) is 3.66. The molecule has 0 aliphatic rings. The predicted octanol–water partition coefficient (Wildman–Crippen LogP) is 2.68. The molecule has 2 aromatic heterocycles. The molecule has 2 rings (SSSR count). The number of rotatable bonds is 6. The fraction of sp³-hybridized carbons (Fsp3) is 0.500. The van der Waals surface area contributed by atoms with Gasteiger partial charge in [-0.05, 0) is 31.7 Å². The van der Waals surface area contributed by atoms with Gasteiger partial charge in [-0.15, -0.1) is 0 Å². The van der Waals surface area contributed by atoms with E-state index in [4.69, 9.17) is 5.73 Å². The molecule has 0 fully saturated rings. The molecule has 124 valence electrons. The van der Waals surface area contributed by atoms with Gasteiger partial charge in [-0.3, -0.25) is 4.79 Å². The maximum Gasteiger partial charge on any atom is 0.275 e. The van der Waals surface area contributed by atoms with Gasteiger partial charge in [0.1, 0.15) is 11.5 Å². The largest absolute Gasteiger partial charge is 0.368 e. The molecular formula is C16H24N6O. The molecule has 7 heteroatoms. The first kappa shape index (κ1) is 16.9. The first-order chi connectivity index (χ1) is 10.9. The second-order valence-corrected chi connectivity index (χ2v) is 6.07. The molecule has 23 heavy (non-hydrogen) atoms. The molecule has 1 atom stereocenters. The summed E-state index contributed by atoms with van der Waals surface area (Å²) in [5.74, 6) is 0.872. The van der Waals surface area contributed by atoms with E-state index in [1.165, 1.54) is 0 Å². The number of carbonyl (C=O) groups excluding carboxylic acids is 1. The first-order valence-electron chi connectivity index (χ1n) is 7.89. The maximum absolute atomic E-state index is 12.5. The Morgan fingerprint density at radius 1 is 1.35 bits per heavy atom. The van der Waals surface area contributed by atoms with Gasteiger partial charge in [0.2, 0.25) is 5.95 Å². The van der Waals surface area contributed by atoms with E-state index < -0.39 is 0 Å². The second-order valence-electron chi connectivity index (χ2n) is 6.07. The van der Waals surface area contributed by atoms with Crippen LogP contribution in [0.25, 0.3) is 0 Å². The van der Waals surface area contributed by atoms with Gasteiger partial charge in [-0.2, -0.15) is 5.10 Å². The summed E-state index contributed by atoms with van der Waals surface area (Å²) in [6.07, 6.45) is 3.33. The Morgan fingerprint density at radius 2 is 2.09 bits per heavy atom. The van der Waals surface area contributed by atoms with Crippen molar-refractivity contribution < 1.29 is 4.79 Å². The molecule has 0 unspecified atom stereocenters. The van der Waals surface area contributed by atoms with Crippen LogP contribution in [0.2, 0.25) is 0 Å². The lowest BCUT2D eigenvalue weighted by Crippen LogP contribution is -2.19. The zero-order valence-corrected chi connectivity index (χ0v) is 14.1. The summed E-state index contributed by atoms with van der Waals surface area (Å²) in [4.78, 5) is 20.7. The van der Waals surface area contributed by atoms with Crippen molar-refractivity contribution in [2.24, 2.45) is 5.92 Å². The van der Waals surface area contributed by atoms with Crippen LogP contribution in [-0.4, -0.2) is 25.7 Å². The number of hydrogen-bond acceptors (Lipinski definition) is 5. The van der Waals surface area contributed by atoms with Crippen LogP contribution in [0.3, 0.4) is 0 Å². The van der Waals surface area contributed by atoms with E-state index in [1.807, 2.05) is 6.92 Å². The van der Waals surface area contributed by atoms with Gasteiger partial charge in [-0.1, -0.05) is 20.8 Å². The Kier molecular flexibility index (Phi) is 5.31. The maximum atomic E-state index is 12.5. The topological polar surface area (TPSA) is 98.7 Å². The van der Waals surface area contributed by atoms with Gasteiger partial charge in [0.25, 0.3) is 5.91 Å². The van der Waals surface area contributed by atoms with Crippen LogP contribution in [-0.2, 0) is 6.42 Å². The average Bonchev–Trinajstić information content (AvgIpc) is 2.93. The van der Waals surface area contributed by atoms with Gasteiger partial charge >= 0.3 is 0 Å². The van der Waals surface area contributed by atoms with Crippen molar-refractivity contribution in [3.8, 4) is 0 Å². The molecule has 0 spiro atoms. The van der Waals surface area contributed by atoms with E-state index in [2.05, 4.69) is 41.2 Å². The van der Waals surface area contributed by atoms with Crippen molar-refractivity contribution in [1.82, 2.24) is 19.7 Å². The highest BCUT2D eigenvalue weighted by molar-refractivity contribution is 6.02. The van der Waals surface area contributed by atoms with Gasteiger partial charge in [0.15, 0.2) is 0 Å². The second kappa shape index (κ2) is 7.21. The predicted molar refractivity (Wildman–Crippen MR) is 90.2 cm³/mol. The minimum absolute atomic E-state index is 0.115. The number of nitrogens with one attached hydrogen (secondary N) is 1. The van der Waals surface area contributed by atoms with E-state index in [0.717, 1.165) is 18.5 Å². The van der Waals surface area contributed by atoms with Crippen LogP contribution in [0, 0.1) is 5.92 Å². The van der Waals surface area contributed by atoms with Crippen molar-refractivity contribution in [2.75, 3.05) is 11.1 Å². The van der Waals surface area contributed by atoms with Crippen LogP contribution in [0.5, 0.6) is 0 Å². The van der Waals surface area contributed by atoms with Crippen molar-refractivity contribution >= 4 is 17.7 Å². The number of carbonyl (C=O) groups is 1. The lowest BCUT2D eigenvalue weighted by atomic mass is 10.1.